The van der Waals surface area contributed by atoms with E-state index in [-0.39, 0.29) is 11.4 Å². The zero-order valence-electron chi connectivity index (χ0n) is 10.9. The highest BCUT2D eigenvalue weighted by Crippen LogP contribution is 2.14. The van der Waals surface area contributed by atoms with Crippen LogP contribution in [-0.4, -0.2) is 43.8 Å². The van der Waals surface area contributed by atoms with E-state index in [1.165, 1.54) is 6.42 Å². The summed E-state index contributed by atoms with van der Waals surface area (Å²) in [6, 6.07) is 0. The zero-order chi connectivity index (χ0) is 13.8. The Morgan fingerprint density at radius 3 is 3.05 bits per heavy atom. The summed E-state index contributed by atoms with van der Waals surface area (Å²) in [4.78, 5) is 16.4. The van der Waals surface area contributed by atoms with E-state index in [9.17, 15) is 0 Å². The van der Waals surface area contributed by atoms with Crippen LogP contribution in [0.2, 0.25) is 5.28 Å². The quantitative estimate of drug-likeness (QED) is 0.924. The van der Waals surface area contributed by atoms with Crippen LogP contribution in [0.3, 0.4) is 0 Å². The normalized spacial score (nSPS) is 18.9. The molecule has 0 amide bonds. The maximum atomic E-state index is 5.92. The van der Waals surface area contributed by atoms with Gasteiger partial charge in [-0.3, -0.25) is 4.57 Å². The standard InChI is InChI=1S/C12H15ClN6O/c13-10-16-11(15-7-9-3-1-2-6-20-9)18-12(17-10)19-5-4-14-8-19/h4-5,8-9H,1-3,6-7H2,(H,15,16,17,18). The van der Waals surface area contributed by atoms with Gasteiger partial charge in [0.05, 0.1) is 6.10 Å². The van der Waals surface area contributed by atoms with Gasteiger partial charge >= 0.3 is 0 Å². The molecule has 1 atom stereocenters. The summed E-state index contributed by atoms with van der Waals surface area (Å²) in [5, 5.41) is 3.30. The number of rotatable bonds is 4. The van der Waals surface area contributed by atoms with Crippen molar-refractivity contribution in [2.24, 2.45) is 0 Å². The number of halogens is 1. The maximum absolute atomic E-state index is 5.92. The van der Waals surface area contributed by atoms with E-state index in [0.717, 1.165) is 19.4 Å². The molecule has 1 saturated heterocycles. The molecule has 0 spiro atoms. The second-order valence-corrected chi connectivity index (χ2v) is 4.91. The van der Waals surface area contributed by atoms with E-state index in [0.29, 0.717) is 18.4 Å². The molecule has 1 unspecified atom stereocenters. The van der Waals surface area contributed by atoms with Gasteiger partial charge in [0.2, 0.25) is 17.2 Å². The SMILES string of the molecule is Clc1nc(NCC2CCCCO2)nc(-n2ccnc2)n1. The van der Waals surface area contributed by atoms with Crippen LogP contribution >= 0.6 is 11.6 Å². The molecule has 0 bridgehead atoms. The molecular weight excluding hydrogens is 280 g/mol. The fourth-order valence-corrected chi connectivity index (χ4v) is 2.24. The molecule has 0 radical (unpaired) electrons. The Morgan fingerprint density at radius 1 is 1.35 bits per heavy atom. The van der Waals surface area contributed by atoms with Gasteiger partial charge in [-0.1, -0.05) is 0 Å². The Bertz CT molecular complexity index is 555. The first kappa shape index (κ1) is 13.3. The van der Waals surface area contributed by atoms with Crippen molar-refractivity contribution in [3.05, 3.63) is 24.0 Å². The lowest BCUT2D eigenvalue weighted by Crippen LogP contribution is -2.27. The molecule has 8 heteroatoms. The molecule has 1 aliphatic rings. The predicted octanol–water partition coefficient (Wildman–Crippen LogP) is 1.69. The molecule has 20 heavy (non-hydrogen) atoms. The largest absolute Gasteiger partial charge is 0.376 e. The van der Waals surface area contributed by atoms with Crippen molar-refractivity contribution in [1.82, 2.24) is 24.5 Å². The Balaban J connectivity index is 1.69. The Hall–Kier alpha value is -1.73. The molecular formula is C12H15ClN6O. The van der Waals surface area contributed by atoms with Crippen molar-refractivity contribution in [1.29, 1.82) is 0 Å². The molecule has 106 valence electrons. The Morgan fingerprint density at radius 2 is 2.30 bits per heavy atom. The Kier molecular flexibility index (Phi) is 4.08. The van der Waals surface area contributed by atoms with Gasteiger partial charge in [0.15, 0.2) is 0 Å². The highest BCUT2D eigenvalue weighted by molar-refractivity contribution is 6.28. The van der Waals surface area contributed by atoms with Gasteiger partial charge < -0.3 is 10.1 Å². The van der Waals surface area contributed by atoms with Crippen LogP contribution in [0.5, 0.6) is 0 Å². The predicted molar refractivity (Wildman–Crippen MR) is 74.0 cm³/mol. The number of hydrogen-bond acceptors (Lipinski definition) is 6. The van der Waals surface area contributed by atoms with Gasteiger partial charge in [-0.2, -0.15) is 15.0 Å². The van der Waals surface area contributed by atoms with E-state index in [1.54, 1.807) is 23.3 Å². The highest BCUT2D eigenvalue weighted by Gasteiger charge is 2.14. The van der Waals surface area contributed by atoms with E-state index in [2.05, 4.69) is 25.3 Å². The molecule has 1 N–H and O–H groups in total. The van der Waals surface area contributed by atoms with Gasteiger partial charge in [0.1, 0.15) is 6.33 Å². The minimum absolute atomic E-state index is 0.149. The summed E-state index contributed by atoms with van der Waals surface area (Å²) in [6.07, 6.45) is 8.61. The number of hydrogen-bond donors (Lipinski definition) is 1. The van der Waals surface area contributed by atoms with Crippen LogP contribution in [-0.2, 0) is 4.74 Å². The van der Waals surface area contributed by atoms with Crippen LogP contribution in [0.25, 0.3) is 5.95 Å². The number of anilines is 1. The molecule has 0 aromatic carbocycles. The lowest BCUT2D eigenvalue weighted by molar-refractivity contribution is 0.0246. The second kappa shape index (κ2) is 6.15. The summed E-state index contributed by atoms with van der Waals surface area (Å²) >= 11 is 5.92. The van der Waals surface area contributed by atoms with Gasteiger partial charge in [-0.25, -0.2) is 4.98 Å². The average Bonchev–Trinajstić information content (AvgIpc) is 3.00. The third kappa shape index (κ3) is 3.23. The van der Waals surface area contributed by atoms with E-state index >= 15 is 0 Å². The van der Waals surface area contributed by atoms with E-state index in [4.69, 9.17) is 16.3 Å². The smallest absolute Gasteiger partial charge is 0.241 e. The molecule has 1 fully saturated rings. The van der Waals surface area contributed by atoms with Crippen LogP contribution in [0, 0.1) is 0 Å². The number of aromatic nitrogens is 5. The topological polar surface area (TPSA) is 77.8 Å². The molecule has 0 saturated carbocycles. The van der Waals surface area contributed by atoms with Crippen molar-refractivity contribution in [2.75, 3.05) is 18.5 Å². The number of ether oxygens (including phenoxy) is 1. The molecule has 3 heterocycles. The lowest BCUT2D eigenvalue weighted by Gasteiger charge is -2.22. The third-order valence-electron chi connectivity index (χ3n) is 3.09. The third-order valence-corrected chi connectivity index (χ3v) is 3.26. The first-order chi connectivity index (χ1) is 9.81. The number of nitrogens with one attached hydrogen (secondary N) is 1. The summed E-state index contributed by atoms with van der Waals surface area (Å²) in [5.74, 6) is 0.887. The Labute approximate surface area is 121 Å². The van der Waals surface area contributed by atoms with Crippen LogP contribution < -0.4 is 5.32 Å². The molecule has 7 nitrogen and oxygen atoms in total. The van der Waals surface area contributed by atoms with E-state index < -0.39 is 0 Å². The minimum atomic E-state index is 0.149. The highest BCUT2D eigenvalue weighted by atomic mass is 35.5. The first-order valence-corrected chi connectivity index (χ1v) is 6.94. The van der Waals surface area contributed by atoms with Crippen molar-refractivity contribution in [3.8, 4) is 5.95 Å². The van der Waals surface area contributed by atoms with Crippen LogP contribution in [0.15, 0.2) is 18.7 Å². The minimum Gasteiger partial charge on any atom is -0.376 e. The average molecular weight is 295 g/mol. The molecule has 1 aliphatic heterocycles. The summed E-state index contributed by atoms with van der Waals surface area (Å²) in [5.41, 5.74) is 0. The first-order valence-electron chi connectivity index (χ1n) is 6.56. The van der Waals surface area contributed by atoms with Crippen LogP contribution in [0.1, 0.15) is 19.3 Å². The number of imidazole rings is 1. The molecule has 2 aromatic heterocycles. The maximum Gasteiger partial charge on any atom is 0.241 e. The zero-order valence-corrected chi connectivity index (χ0v) is 11.6. The fourth-order valence-electron chi connectivity index (χ4n) is 2.09. The van der Waals surface area contributed by atoms with Crippen molar-refractivity contribution in [2.45, 2.75) is 25.4 Å². The molecule has 0 aliphatic carbocycles. The van der Waals surface area contributed by atoms with Gasteiger partial charge in [-0.15, -0.1) is 0 Å². The summed E-state index contributed by atoms with van der Waals surface area (Å²) in [6.45, 7) is 1.49. The van der Waals surface area contributed by atoms with Crippen molar-refractivity contribution >= 4 is 17.5 Å². The molecule has 3 rings (SSSR count). The second-order valence-electron chi connectivity index (χ2n) is 4.57. The van der Waals surface area contributed by atoms with E-state index in [1.807, 2.05) is 0 Å². The van der Waals surface area contributed by atoms with Gasteiger partial charge in [0.25, 0.3) is 0 Å². The lowest BCUT2D eigenvalue weighted by atomic mass is 10.1. The monoisotopic (exact) mass is 294 g/mol. The van der Waals surface area contributed by atoms with Crippen molar-refractivity contribution in [3.63, 3.8) is 0 Å². The van der Waals surface area contributed by atoms with Gasteiger partial charge in [0, 0.05) is 25.5 Å². The van der Waals surface area contributed by atoms with Gasteiger partial charge in [-0.05, 0) is 30.9 Å². The summed E-state index contributed by atoms with van der Waals surface area (Å²) < 4.78 is 7.33. The fraction of sp³-hybridized carbons (Fsp3) is 0.500. The summed E-state index contributed by atoms with van der Waals surface area (Å²) in [7, 11) is 0. The molecule has 2 aromatic rings. The van der Waals surface area contributed by atoms with Crippen molar-refractivity contribution < 1.29 is 4.74 Å². The van der Waals surface area contributed by atoms with Crippen LogP contribution in [0.4, 0.5) is 5.95 Å². The number of nitrogens with zero attached hydrogens (tertiary/aromatic N) is 5.